The highest BCUT2D eigenvalue weighted by Crippen LogP contribution is 2.42. The van der Waals surface area contributed by atoms with E-state index in [9.17, 15) is 0 Å². The summed E-state index contributed by atoms with van der Waals surface area (Å²) >= 11 is 0. The molecule has 3 atom stereocenters. The summed E-state index contributed by atoms with van der Waals surface area (Å²) in [6, 6.07) is 9.05. The van der Waals surface area contributed by atoms with Crippen molar-refractivity contribution < 1.29 is 4.74 Å². The molecule has 2 rings (SSSR count). The fraction of sp³-hybridized carbons (Fsp3) is 0.684. The van der Waals surface area contributed by atoms with Crippen LogP contribution >= 0.6 is 0 Å². The zero-order valence-corrected chi connectivity index (χ0v) is 13.9. The third-order valence-electron chi connectivity index (χ3n) is 4.77. The summed E-state index contributed by atoms with van der Waals surface area (Å²) in [5, 5.41) is 3.72. The summed E-state index contributed by atoms with van der Waals surface area (Å²) in [6.45, 7) is 8.51. The molecule has 1 N–H and O–H groups in total. The zero-order valence-electron chi connectivity index (χ0n) is 13.9. The van der Waals surface area contributed by atoms with E-state index in [0.717, 1.165) is 37.2 Å². The van der Waals surface area contributed by atoms with Crippen molar-refractivity contribution in [2.45, 2.75) is 58.9 Å². The van der Waals surface area contributed by atoms with Crippen molar-refractivity contribution in [3.05, 3.63) is 29.8 Å². The van der Waals surface area contributed by atoms with Crippen LogP contribution in [0.15, 0.2) is 24.3 Å². The fourth-order valence-electron chi connectivity index (χ4n) is 3.62. The van der Waals surface area contributed by atoms with Gasteiger partial charge in [0, 0.05) is 11.6 Å². The van der Waals surface area contributed by atoms with Gasteiger partial charge in [-0.25, -0.2) is 0 Å². The number of hydrogen-bond acceptors (Lipinski definition) is 2. The van der Waals surface area contributed by atoms with Gasteiger partial charge in [-0.15, -0.1) is 0 Å². The maximum atomic E-state index is 5.99. The highest BCUT2D eigenvalue weighted by Gasteiger charge is 2.31. The van der Waals surface area contributed by atoms with Crippen LogP contribution in [0.3, 0.4) is 0 Å². The van der Waals surface area contributed by atoms with Gasteiger partial charge in [-0.05, 0) is 43.7 Å². The molecule has 1 fully saturated rings. The molecule has 1 aromatic rings. The van der Waals surface area contributed by atoms with Crippen LogP contribution in [0, 0.1) is 11.8 Å². The molecule has 0 bridgehead atoms. The van der Waals surface area contributed by atoms with Crippen molar-refractivity contribution in [2.24, 2.45) is 11.8 Å². The fourth-order valence-corrected chi connectivity index (χ4v) is 3.62. The minimum absolute atomic E-state index is 0.444. The van der Waals surface area contributed by atoms with Gasteiger partial charge in [0.05, 0.1) is 6.61 Å². The molecule has 0 saturated heterocycles. The van der Waals surface area contributed by atoms with Gasteiger partial charge in [0.15, 0.2) is 0 Å². The molecule has 0 radical (unpaired) electrons. The average molecular weight is 289 g/mol. The number of ether oxygens (including phenoxy) is 1. The Kier molecular flexibility index (Phi) is 6.56. The maximum absolute atomic E-state index is 5.99. The first-order chi connectivity index (χ1) is 10.3. The summed E-state index contributed by atoms with van der Waals surface area (Å²) in [6.07, 6.45) is 6.47. The molecule has 118 valence electrons. The molecule has 2 nitrogen and oxygen atoms in total. The van der Waals surface area contributed by atoms with Crippen LogP contribution in [0.2, 0.25) is 0 Å². The van der Waals surface area contributed by atoms with Gasteiger partial charge in [0.25, 0.3) is 0 Å². The smallest absolute Gasteiger partial charge is 0.124 e. The van der Waals surface area contributed by atoms with Gasteiger partial charge in [-0.3, -0.25) is 0 Å². The van der Waals surface area contributed by atoms with Crippen LogP contribution in [0.25, 0.3) is 0 Å². The minimum Gasteiger partial charge on any atom is -0.493 e. The predicted octanol–water partition coefficient (Wildman–Crippen LogP) is 4.95. The predicted molar refractivity (Wildman–Crippen MR) is 89.8 cm³/mol. The van der Waals surface area contributed by atoms with Crippen molar-refractivity contribution in [3.63, 3.8) is 0 Å². The molecule has 0 amide bonds. The molecule has 2 heteroatoms. The lowest BCUT2D eigenvalue weighted by molar-refractivity contribution is 0.297. The van der Waals surface area contributed by atoms with E-state index >= 15 is 0 Å². The van der Waals surface area contributed by atoms with Crippen molar-refractivity contribution in [3.8, 4) is 5.75 Å². The lowest BCUT2D eigenvalue weighted by Gasteiger charge is -2.27. The van der Waals surface area contributed by atoms with Gasteiger partial charge in [0.2, 0.25) is 0 Å². The number of hydrogen-bond donors (Lipinski definition) is 1. The molecule has 0 heterocycles. The molecule has 0 aliphatic heterocycles. The number of nitrogens with one attached hydrogen (secondary N) is 1. The molecule has 21 heavy (non-hydrogen) atoms. The molecular formula is C19H31NO. The maximum Gasteiger partial charge on any atom is 0.124 e. The molecule has 0 spiro atoms. The Morgan fingerprint density at radius 3 is 2.67 bits per heavy atom. The monoisotopic (exact) mass is 289 g/mol. The summed E-state index contributed by atoms with van der Waals surface area (Å²) in [4.78, 5) is 0. The van der Waals surface area contributed by atoms with E-state index < -0.39 is 0 Å². The number of para-hydroxylation sites is 1. The van der Waals surface area contributed by atoms with Crippen LogP contribution in [-0.4, -0.2) is 13.2 Å². The second kappa shape index (κ2) is 8.43. The summed E-state index contributed by atoms with van der Waals surface area (Å²) in [5.41, 5.74) is 1.36. The highest BCUT2D eigenvalue weighted by molar-refractivity contribution is 5.36. The second-order valence-electron chi connectivity index (χ2n) is 6.27. The number of rotatable bonds is 8. The van der Waals surface area contributed by atoms with Gasteiger partial charge < -0.3 is 10.1 Å². The van der Waals surface area contributed by atoms with Crippen LogP contribution in [0.1, 0.15) is 64.5 Å². The zero-order chi connectivity index (χ0) is 15.1. The van der Waals surface area contributed by atoms with Crippen LogP contribution in [0.4, 0.5) is 0 Å². The number of benzene rings is 1. The van der Waals surface area contributed by atoms with Crippen molar-refractivity contribution in [2.75, 3.05) is 13.2 Å². The quantitative estimate of drug-likeness (QED) is 0.731. The summed E-state index contributed by atoms with van der Waals surface area (Å²) in [5.74, 6) is 2.74. The van der Waals surface area contributed by atoms with E-state index in [1.807, 2.05) is 0 Å². The van der Waals surface area contributed by atoms with Gasteiger partial charge >= 0.3 is 0 Å². The van der Waals surface area contributed by atoms with Crippen molar-refractivity contribution in [1.29, 1.82) is 0 Å². The average Bonchev–Trinajstić information content (AvgIpc) is 3.00. The normalized spacial score (nSPS) is 23.2. The molecule has 0 aromatic heterocycles. The summed E-state index contributed by atoms with van der Waals surface area (Å²) in [7, 11) is 0. The van der Waals surface area contributed by atoms with Crippen LogP contribution < -0.4 is 10.1 Å². The van der Waals surface area contributed by atoms with Gasteiger partial charge in [-0.1, -0.05) is 51.8 Å². The Bertz CT molecular complexity index is 418. The van der Waals surface area contributed by atoms with E-state index in [1.165, 1.54) is 31.2 Å². The molecule has 1 aliphatic rings. The van der Waals surface area contributed by atoms with E-state index in [-0.39, 0.29) is 0 Å². The van der Waals surface area contributed by atoms with Crippen molar-refractivity contribution >= 4 is 0 Å². The van der Waals surface area contributed by atoms with E-state index in [1.54, 1.807) is 0 Å². The van der Waals surface area contributed by atoms with Crippen molar-refractivity contribution in [1.82, 2.24) is 5.32 Å². The first-order valence-electron chi connectivity index (χ1n) is 8.75. The first kappa shape index (κ1) is 16.4. The third kappa shape index (κ3) is 4.23. The topological polar surface area (TPSA) is 21.3 Å². The van der Waals surface area contributed by atoms with E-state index in [4.69, 9.17) is 4.74 Å². The molecule has 1 aliphatic carbocycles. The summed E-state index contributed by atoms with van der Waals surface area (Å²) < 4.78 is 5.99. The Morgan fingerprint density at radius 1 is 1.19 bits per heavy atom. The Morgan fingerprint density at radius 2 is 2.00 bits per heavy atom. The largest absolute Gasteiger partial charge is 0.493 e. The Hall–Kier alpha value is -1.02. The van der Waals surface area contributed by atoms with Crippen LogP contribution in [0.5, 0.6) is 5.75 Å². The Labute approximate surface area is 130 Å². The third-order valence-corrected chi connectivity index (χ3v) is 4.77. The standard InChI is InChI=1S/C19H31NO/c1-4-13-21-18-10-8-7-9-17(18)19(20-6-3)16-12-11-15(5-2)14-16/h7-10,15-16,19-20H,4-6,11-14H2,1-3H3. The Balaban J connectivity index is 2.17. The molecular weight excluding hydrogens is 258 g/mol. The lowest BCUT2D eigenvalue weighted by atomic mass is 9.89. The highest BCUT2D eigenvalue weighted by atomic mass is 16.5. The van der Waals surface area contributed by atoms with E-state index in [2.05, 4.69) is 50.4 Å². The van der Waals surface area contributed by atoms with Crippen LogP contribution in [-0.2, 0) is 0 Å². The first-order valence-corrected chi connectivity index (χ1v) is 8.75. The molecule has 1 aromatic carbocycles. The second-order valence-corrected chi connectivity index (χ2v) is 6.27. The molecule has 1 saturated carbocycles. The van der Waals surface area contributed by atoms with Gasteiger partial charge in [0.1, 0.15) is 5.75 Å². The van der Waals surface area contributed by atoms with Gasteiger partial charge in [-0.2, -0.15) is 0 Å². The minimum atomic E-state index is 0.444. The molecule has 3 unspecified atom stereocenters. The lowest BCUT2D eigenvalue weighted by Crippen LogP contribution is -2.27. The van der Waals surface area contributed by atoms with E-state index in [0.29, 0.717) is 6.04 Å². The SMILES string of the molecule is CCCOc1ccccc1C(NCC)C1CCC(CC)C1.